The summed E-state index contributed by atoms with van der Waals surface area (Å²) in [6, 6.07) is 23.2. The first-order valence-electron chi connectivity index (χ1n) is 10.7. The molecule has 4 rings (SSSR count). The summed E-state index contributed by atoms with van der Waals surface area (Å²) in [6.07, 6.45) is 4.63. The van der Waals surface area contributed by atoms with Gasteiger partial charge in [0.05, 0.1) is 0 Å². The molecule has 7 heteroatoms. The van der Waals surface area contributed by atoms with Gasteiger partial charge in [-0.2, -0.15) is 0 Å². The van der Waals surface area contributed by atoms with Crippen molar-refractivity contribution in [1.82, 2.24) is 0 Å². The molecule has 1 aliphatic heterocycles. The fraction of sp³-hybridized carbons (Fsp3) is 0.115. The average molecular weight is 441 g/mol. The van der Waals surface area contributed by atoms with E-state index >= 15 is 0 Å². The first-order chi connectivity index (χ1) is 16.1. The van der Waals surface area contributed by atoms with Crippen LogP contribution in [0.1, 0.15) is 18.4 Å². The van der Waals surface area contributed by atoms with Gasteiger partial charge in [0.25, 0.3) is 0 Å². The van der Waals surface area contributed by atoms with Gasteiger partial charge in [-0.05, 0) is 60.5 Å². The van der Waals surface area contributed by atoms with Crippen molar-refractivity contribution in [2.45, 2.75) is 12.8 Å². The first kappa shape index (κ1) is 21.8. The Labute approximate surface area is 192 Å². The largest absolute Gasteiger partial charge is 0.323 e. The molecule has 0 spiro atoms. The second-order valence-corrected chi connectivity index (χ2v) is 7.59. The Bertz CT molecular complexity index is 1170. The van der Waals surface area contributed by atoms with Crippen molar-refractivity contribution in [3.63, 3.8) is 0 Å². The lowest BCUT2D eigenvalue weighted by Crippen LogP contribution is -2.23. The van der Waals surface area contributed by atoms with Crippen LogP contribution in [-0.4, -0.2) is 24.4 Å². The molecular formula is C26H24N4O3. The third-order valence-electron chi connectivity index (χ3n) is 5.12. The number of hydrogen-bond donors (Lipinski definition) is 3. The molecule has 166 valence electrons. The molecule has 0 atom stereocenters. The second-order valence-electron chi connectivity index (χ2n) is 7.59. The third kappa shape index (κ3) is 6.07. The Balaban J connectivity index is 1.31. The summed E-state index contributed by atoms with van der Waals surface area (Å²) in [4.78, 5) is 38.1. The highest BCUT2D eigenvalue weighted by molar-refractivity contribution is 6.03. The van der Waals surface area contributed by atoms with Crippen LogP contribution in [0.5, 0.6) is 0 Å². The molecule has 0 bridgehead atoms. The molecule has 1 saturated heterocycles. The summed E-state index contributed by atoms with van der Waals surface area (Å²) in [5.74, 6) is -0.147. The maximum Gasteiger partial charge on any atom is 0.323 e. The number of para-hydroxylation sites is 1. The lowest BCUT2D eigenvalue weighted by Gasteiger charge is -2.15. The molecule has 0 saturated carbocycles. The summed E-state index contributed by atoms with van der Waals surface area (Å²) in [5, 5.41) is 8.28. The highest BCUT2D eigenvalue weighted by Gasteiger charge is 2.21. The molecule has 7 nitrogen and oxygen atoms in total. The van der Waals surface area contributed by atoms with Crippen molar-refractivity contribution in [3.8, 4) is 0 Å². The van der Waals surface area contributed by atoms with Crippen LogP contribution in [-0.2, 0) is 9.59 Å². The topological polar surface area (TPSA) is 90.5 Å². The van der Waals surface area contributed by atoms with Gasteiger partial charge < -0.3 is 20.9 Å². The van der Waals surface area contributed by atoms with Crippen molar-refractivity contribution in [1.29, 1.82) is 0 Å². The van der Waals surface area contributed by atoms with Gasteiger partial charge in [0.15, 0.2) is 0 Å². The standard InChI is InChI=1S/C26H24N4O3/c31-24(16-13-19-11-14-23(15-12-19)30-17-5-10-25(30)32)27-21-8-4-9-22(18-21)29-26(33)28-20-6-2-1-3-7-20/h1-4,6-9,11-16,18H,5,10,17H2,(H,27,31)(H2,28,29,33)/b16-13+. The van der Waals surface area contributed by atoms with Crippen LogP contribution in [0.2, 0.25) is 0 Å². The van der Waals surface area contributed by atoms with Crippen LogP contribution in [0.25, 0.3) is 6.08 Å². The fourth-order valence-electron chi connectivity index (χ4n) is 3.53. The summed E-state index contributed by atoms with van der Waals surface area (Å²) >= 11 is 0. The van der Waals surface area contributed by atoms with Gasteiger partial charge in [-0.1, -0.05) is 36.4 Å². The molecule has 33 heavy (non-hydrogen) atoms. The predicted molar refractivity (Wildman–Crippen MR) is 131 cm³/mol. The van der Waals surface area contributed by atoms with Crippen LogP contribution < -0.4 is 20.9 Å². The lowest BCUT2D eigenvalue weighted by atomic mass is 10.2. The van der Waals surface area contributed by atoms with Crippen molar-refractivity contribution in [2.24, 2.45) is 0 Å². The van der Waals surface area contributed by atoms with E-state index in [-0.39, 0.29) is 17.8 Å². The van der Waals surface area contributed by atoms with E-state index in [0.717, 1.165) is 24.2 Å². The van der Waals surface area contributed by atoms with Crippen molar-refractivity contribution in [2.75, 3.05) is 27.4 Å². The highest BCUT2D eigenvalue weighted by atomic mass is 16.2. The fourth-order valence-corrected chi connectivity index (χ4v) is 3.53. The van der Waals surface area contributed by atoms with E-state index in [2.05, 4.69) is 16.0 Å². The SMILES string of the molecule is O=C(/C=C/c1ccc(N2CCCC2=O)cc1)Nc1cccc(NC(=O)Nc2ccccc2)c1. The minimum absolute atomic E-state index is 0.145. The number of nitrogens with zero attached hydrogens (tertiary/aromatic N) is 1. The Hall–Kier alpha value is -4.39. The molecule has 1 aliphatic rings. The number of carbonyl (C=O) groups excluding carboxylic acids is 3. The van der Waals surface area contributed by atoms with Crippen molar-refractivity contribution in [3.05, 3.63) is 90.5 Å². The lowest BCUT2D eigenvalue weighted by molar-refractivity contribution is -0.117. The molecule has 3 N–H and O–H groups in total. The van der Waals surface area contributed by atoms with E-state index in [1.165, 1.54) is 6.08 Å². The van der Waals surface area contributed by atoms with Gasteiger partial charge in [-0.15, -0.1) is 0 Å². The Kier molecular flexibility index (Phi) is 6.80. The summed E-state index contributed by atoms with van der Waals surface area (Å²) in [5.41, 5.74) is 3.53. The average Bonchev–Trinajstić information content (AvgIpc) is 3.25. The number of hydrogen-bond acceptors (Lipinski definition) is 3. The molecule has 3 aromatic carbocycles. The Morgan fingerprint density at radius 3 is 2.15 bits per heavy atom. The van der Waals surface area contributed by atoms with E-state index in [4.69, 9.17) is 0 Å². The number of benzene rings is 3. The molecular weight excluding hydrogens is 416 g/mol. The first-order valence-corrected chi connectivity index (χ1v) is 10.7. The molecule has 0 radical (unpaired) electrons. The molecule has 0 aliphatic carbocycles. The van der Waals surface area contributed by atoms with Crippen LogP contribution in [0, 0.1) is 0 Å². The van der Waals surface area contributed by atoms with Crippen LogP contribution >= 0.6 is 0 Å². The number of urea groups is 1. The summed E-state index contributed by atoms with van der Waals surface area (Å²) in [6.45, 7) is 0.748. The molecule has 1 fully saturated rings. The van der Waals surface area contributed by atoms with E-state index in [0.29, 0.717) is 23.5 Å². The number of amides is 4. The maximum atomic E-state index is 12.3. The predicted octanol–water partition coefficient (Wildman–Crippen LogP) is 5.11. The van der Waals surface area contributed by atoms with E-state index in [1.54, 1.807) is 47.4 Å². The van der Waals surface area contributed by atoms with Gasteiger partial charge >= 0.3 is 6.03 Å². The molecule has 3 aromatic rings. The zero-order valence-electron chi connectivity index (χ0n) is 18.0. The van der Waals surface area contributed by atoms with E-state index < -0.39 is 0 Å². The molecule has 1 heterocycles. The summed E-state index contributed by atoms with van der Waals surface area (Å²) < 4.78 is 0. The number of rotatable bonds is 6. The van der Waals surface area contributed by atoms with Gasteiger partial charge in [0.1, 0.15) is 0 Å². The van der Waals surface area contributed by atoms with Crippen LogP contribution in [0.3, 0.4) is 0 Å². The third-order valence-corrected chi connectivity index (χ3v) is 5.12. The minimum atomic E-state index is -0.372. The van der Waals surface area contributed by atoms with Crippen molar-refractivity contribution >= 4 is 46.7 Å². The quantitative estimate of drug-likeness (QED) is 0.465. The monoisotopic (exact) mass is 440 g/mol. The molecule has 0 unspecified atom stereocenters. The Morgan fingerprint density at radius 1 is 0.788 bits per heavy atom. The highest BCUT2D eigenvalue weighted by Crippen LogP contribution is 2.22. The number of carbonyl (C=O) groups is 3. The normalized spacial score (nSPS) is 13.2. The van der Waals surface area contributed by atoms with Gasteiger partial charge in [0, 0.05) is 41.8 Å². The minimum Gasteiger partial charge on any atom is -0.322 e. The van der Waals surface area contributed by atoms with Crippen LogP contribution in [0.4, 0.5) is 27.5 Å². The molecule has 4 amide bonds. The van der Waals surface area contributed by atoms with E-state index in [9.17, 15) is 14.4 Å². The van der Waals surface area contributed by atoms with Crippen molar-refractivity contribution < 1.29 is 14.4 Å². The second kappa shape index (κ2) is 10.3. The van der Waals surface area contributed by atoms with Gasteiger partial charge in [-0.25, -0.2) is 4.79 Å². The smallest absolute Gasteiger partial charge is 0.322 e. The zero-order valence-corrected chi connectivity index (χ0v) is 18.0. The maximum absolute atomic E-state index is 12.3. The number of anilines is 4. The Morgan fingerprint density at radius 2 is 1.45 bits per heavy atom. The van der Waals surface area contributed by atoms with Crippen LogP contribution in [0.15, 0.2) is 84.9 Å². The van der Waals surface area contributed by atoms with E-state index in [1.807, 2.05) is 42.5 Å². The number of nitrogens with one attached hydrogen (secondary N) is 3. The van der Waals surface area contributed by atoms with Gasteiger partial charge in [0.2, 0.25) is 11.8 Å². The summed E-state index contributed by atoms with van der Waals surface area (Å²) in [7, 11) is 0. The zero-order chi connectivity index (χ0) is 23.0. The molecule has 0 aromatic heterocycles. The van der Waals surface area contributed by atoms with Gasteiger partial charge in [-0.3, -0.25) is 9.59 Å².